The Bertz CT molecular complexity index is 6610. The molecule has 4 atom stereocenters. The number of carboxylic acid groups (broad SMARTS) is 1. The Morgan fingerprint density at radius 3 is 1.02 bits per heavy atom. The number of alkyl halides is 1. The largest absolute Gasteiger partial charge is 0.481 e. The number of nitrogens with zero attached hydrogens (tertiary/aromatic N) is 8. The van der Waals surface area contributed by atoms with E-state index in [9.17, 15) is 45.3 Å². The smallest absolute Gasteiger partial charge is 0.309 e. The van der Waals surface area contributed by atoms with Crippen LogP contribution in [0.1, 0.15) is 128 Å². The SMILES string of the molecule is CC(CC(=O)O)c1cc2c(-c3ccc(C#N)c4ccccc34)cncc2s1.CCOC(=O)CC(C)(Cl)c1cc2c(-c3ccc(C#N)c4ccccc34)cncc2s1.CCOC(=O)CC(C)(O)c1cc2c(-c3ccc(C#N)c4ccccc34)cncc2s1.CCOC(=O)CC(C)c1cc2c(-c3ccc(C#N)c4ccccc34)cncc2s1.O=S(Cl)Cl.[CH3-].[Pd]. The fourth-order valence-corrected chi connectivity index (χ4v) is 19.0. The number of ether oxygens (including phenoxy) is 3. The molecule has 16 aromatic rings. The minimum atomic E-state index is -1.67. The van der Waals surface area contributed by atoms with Gasteiger partial charge in [0.05, 0.1) is 116 Å². The predicted octanol–water partition coefficient (Wildman–Crippen LogP) is 24.6. The third-order valence-corrected chi connectivity index (χ3v) is 25.7. The van der Waals surface area contributed by atoms with Crippen LogP contribution in [0.15, 0.2) is 219 Å². The molecule has 0 fully saturated rings. The standard InChI is InChI=1S/C24H19ClN2O2S.C24H20N2O3S.C24H20N2O2S.C22H16N2O2S.CH3.Cl2OS.Pd/c1-3-29-23(28)11-24(2,25)22-10-19-20(13-27-14-21(19)30-22)18-9-8-15(12-26)16-6-4-5-7-17(16)18;1-3-29-23(27)11-24(2,28)22-10-19-20(13-26-14-21(19)30-22)18-9-8-15(12-25)16-6-4-5-7-17(16)18;1-3-28-24(27)10-15(2)22-11-20-21(13-26-14-23(20)29-22)19-9-8-16(12-25)17-6-4-5-7-18(17)19;1-13(8-22(25)26)20-9-18-19(11-24-12-21(18)27-20)17-7-6-14(10-23)15-4-2-3-5-16(15)17;;1-4(2)3;/h4-10,13-14H,3,11H2,1-2H3;4-10,13-14,28H,3,11H2,1-2H3;4-9,11,13-15H,3,10H2,1-2H3;2-7,9,11-13H,8H2,1H3,(H,25,26);1H3;;/q;;;;-1;;. The molecule has 0 aliphatic heterocycles. The molecule has 8 heterocycles. The maximum atomic E-state index is 12.0. The fourth-order valence-electron chi connectivity index (χ4n) is 14.4. The van der Waals surface area contributed by atoms with E-state index < -0.39 is 31.6 Å². The number of aromatic nitrogens is 4. The number of esters is 3. The number of halogens is 3. The van der Waals surface area contributed by atoms with Crippen molar-refractivity contribution in [2.24, 2.45) is 0 Å². The summed E-state index contributed by atoms with van der Waals surface area (Å²) in [6.45, 7) is 13.8. The number of hydrogen-bond donors (Lipinski definition) is 2. The molecule has 0 amide bonds. The summed E-state index contributed by atoms with van der Waals surface area (Å²) in [5.41, 5.74) is 9.23. The number of pyridine rings is 4. The molecule has 8 aromatic heterocycles. The topological polar surface area (TPSA) is 300 Å². The summed E-state index contributed by atoms with van der Waals surface area (Å²) in [4.78, 5) is 67.4. The zero-order valence-electron chi connectivity index (χ0n) is 67.1. The van der Waals surface area contributed by atoms with Crippen LogP contribution in [0.2, 0.25) is 0 Å². The van der Waals surface area contributed by atoms with Crippen LogP contribution in [0.5, 0.6) is 0 Å². The Labute approximate surface area is 751 Å². The molecule has 0 saturated carbocycles. The number of fused-ring (bicyclic) bond motifs is 8. The van der Waals surface area contributed by atoms with Crippen molar-refractivity contribution >= 4 is 195 Å². The maximum absolute atomic E-state index is 12.0. The van der Waals surface area contributed by atoms with Gasteiger partial charge in [0.15, 0.2) is 0 Å². The second kappa shape index (κ2) is 42.0. The number of thiophene rings is 4. The molecular weight excluding hydrogens is 1790 g/mol. The van der Waals surface area contributed by atoms with Crippen molar-refractivity contribution in [3.63, 3.8) is 0 Å². The number of aliphatic hydroxyl groups is 1. The van der Waals surface area contributed by atoms with Crippen LogP contribution < -0.4 is 0 Å². The molecule has 122 heavy (non-hydrogen) atoms. The Hall–Kier alpha value is -11.3. The molecule has 27 heteroatoms. The van der Waals surface area contributed by atoms with Crippen molar-refractivity contribution in [2.45, 2.75) is 96.5 Å². The molecule has 4 unspecified atom stereocenters. The summed E-state index contributed by atoms with van der Waals surface area (Å²) < 4.78 is 28.3. The summed E-state index contributed by atoms with van der Waals surface area (Å²) in [6.07, 6.45) is 15.1. The molecule has 8 aromatic carbocycles. The van der Waals surface area contributed by atoms with Crippen LogP contribution in [-0.4, -0.2) is 78.1 Å². The molecule has 0 aliphatic rings. The number of carbonyl (C=O) groups is 4. The van der Waals surface area contributed by atoms with Gasteiger partial charge in [0.2, 0.25) is 9.23 Å². The minimum Gasteiger partial charge on any atom is -0.481 e. The van der Waals surface area contributed by atoms with Crippen LogP contribution >= 0.6 is 78.3 Å². The van der Waals surface area contributed by atoms with Gasteiger partial charge in [-0.15, -0.1) is 56.9 Å². The van der Waals surface area contributed by atoms with Crippen molar-refractivity contribution in [2.75, 3.05) is 19.8 Å². The average Bonchev–Trinajstić information content (AvgIpc) is 1.56. The Balaban J connectivity index is 0.000000167. The summed E-state index contributed by atoms with van der Waals surface area (Å²) in [6, 6.07) is 64.0. The first-order valence-electron chi connectivity index (χ1n) is 37.9. The van der Waals surface area contributed by atoms with Gasteiger partial charge in [-0.1, -0.05) is 135 Å². The van der Waals surface area contributed by atoms with E-state index in [1.165, 1.54) is 22.7 Å². The van der Waals surface area contributed by atoms with Crippen LogP contribution in [-0.2, 0) is 73.5 Å². The number of nitriles is 4. The molecule has 620 valence electrons. The van der Waals surface area contributed by atoms with Crippen molar-refractivity contribution < 1.29 is 68.2 Å². The summed E-state index contributed by atoms with van der Waals surface area (Å²) in [5, 5.41) is 69.6. The first kappa shape index (κ1) is 93.0. The molecule has 0 radical (unpaired) electrons. The zero-order valence-corrected chi connectivity index (χ0v) is 75.0. The molecule has 0 bridgehead atoms. The Morgan fingerprint density at radius 1 is 0.418 bits per heavy atom. The molecule has 0 spiro atoms. The Kier molecular flexibility index (Phi) is 32.0. The number of carboxylic acids is 1. The predicted molar refractivity (Wildman–Crippen MR) is 491 cm³/mol. The first-order valence-corrected chi connectivity index (χ1v) is 44.3. The fraction of sp³-hybridized carbons (Fsp3) is 0.189. The zero-order chi connectivity index (χ0) is 85.5. The summed E-state index contributed by atoms with van der Waals surface area (Å²) >= 11 is 13.0. The molecule has 16 rings (SSSR count). The van der Waals surface area contributed by atoms with E-state index in [2.05, 4.69) is 77.7 Å². The van der Waals surface area contributed by atoms with Gasteiger partial charge in [0.25, 0.3) is 0 Å². The van der Waals surface area contributed by atoms with Gasteiger partial charge in [-0.3, -0.25) is 39.1 Å². The normalized spacial score (nSPS) is 12.3. The van der Waals surface area contributed by atoms with E-state index in [0.717, 1.165) is 143 Å². The average molecular weight is 1860 g/mol. The molecule has 18 nitrogen and oxygen atoms in total. The molecule has 0 aliphatic carbocycles. The number of hydrogen-bond acceptors (Lipinski definition) is 21. The minimum absolute atomic E-state index is 0. The number of aliphatic carboxylic acids is 1. The number of carbonyl (C=O) groups excluding carboxylic acids is 3. The van der Waals surface area contributed by atoms with E-state index in [-0.39, 0.29) is 77.5 Å². The monoisotopic (exact) mass is 1860 g/mol. The van der Waals surface area contributed by atoms with Crippen LogP contribution in [0.25, 0.3) is 128 Å². The molecule has 0 saturated heterocycles. The van der Waals surface area contributed by atoms with Gasteiger partial charge in [0.1, 0.15) is 5.60 Å². The molecule has 2 N–H and O–H groups in total. The van der Waals surface area contributed by atoms with Gasteiger partial charge >= 0.3 is 23.9 Å². The van der Waals surface area contributed by atoms with Gasteiger partial charge in [0, 0.05) is 188 Å². The second-order valence-corrected chi connectivity index (χ2v) is 36.0. The van der Waals surface area contributed by atoms with Crippen LogP contribution in [0.3, 0.4) is 0 Å². The van der Waals surface area contributed by atoms with E-state index in [1.807, 2.05) is 223 Å². The van der Waals surface area contributed by atoms with Crippen molar-refractivity contribution in [3.05, 3.63) is 269 Å². The number of benzene rings is 8. The van der Waals surface area contributed by atoms with Gasteiger partial charge in [-0.25, -0.2) is 4.21 Å². The third-order valence-electron chi connectivity index (χ3n) is 20.0. The van der Waals surface area contributed by atoms with Gasteiger partial charge in [-0.05, 0) is 127 Å². The quantitative estimate of drug-likeness (QED) is 0.0190. The van der Waals surface area contributed by atoms with Crippen molar-refractivity contribution in [1.82, 2.24) is 19.9 Å². The van der Waals surface area contributed by atoms with Crippen molar-refractivity contribution in [3.8, 4) is 68.8 Å². The summed E-state index contributed by atoms with van der Waals surface area (Å²) in [5.74, 6) is -1.69. The Morgan fingerprint density at radius 2 is 0.697 bits per heavy atom. The van der Waals surface area contributed by atoms with Crippen LogP contribution in [0.4, 0.5) is 0 Å². The summed E-state index contributed by atoms with van der Waals surface area (Å²) in [7, 11) is 7.36. The van der Waals surface area contributed by atoms with E-state index >= 15 is 0 Å². The van der Waals surface area contributed by atoms with Gasteiger partial charge < -0.3 is 31.9 Å². The van der Waals surface area contributed by atoms with Gasteiger partial charge in [-0.2, -0.15) is 21.0 Å². The first-order chi connectivity index (χ1) is 57.8. The van der Waals surface area contributed by atoms with Crippen LogP contribution in [0, 0.1) is 52.8 Å². The second-order valence-electron chi connectivity index (χ2n) is 28.2. The maximum Gasteiger partial charge on any atom is 0.309 e. The third kappa shape index (κ3) is 21.2. The van der Waals surface area contributed by atoms with E-state index in [4.69, 9.17) is 35.1 Å². The number of rotatable bonds is 19. The van der Waals surface area contributed by atoms with E-state index in [0.29, 0.717) is 46.8 Å². The molecular formula is C95H78Cl3N8O10PdS5-. The van der Waals surface area contributed by atoms with E-state index in [1.54, 1.807) is 55.8 Å². The van der Waals surface area contributed by atoms with Crippen molar-refractivity contribution in [1.29, 1.82) is 21.0 Å².